The van der Waals surface area contributed by atoms with Gasteiger partial charge in [-0.15, -0.1) is 0 Å². The number of nitrogens with one attached hydrogen (secondary N) is 1. The topological polar surface area (TPSA) is 107 Å². The van der Waals surface area contributed by atoms with Gasteiger partial charge < -0.3 is 15.3 Å². The van der Waals surface area contributed by atoms with E-state index in [0.29, 0.717) is 17.7 Å². The average Bonchev–Trinajstić information content (AvgIpc) is 3.02. The van der Waals surface area contributed by atoms with Crippen LogP contribution in [0.1, 0.15) is 25.8 Å². The number of rotatable bonds is 8. The molecule has 0 spiro atoms. The maximum Gasteiger partial charge on any atom is 0.471 e. The molecule has 31 heavy (non-hydrogen) atoms. The van der Waals surface area contributed by atoms with Gasteiger partial charge in [0.15, 0.2) is 6.04 Å². The van der Waals surface area contributed by atoms with Crippen molar-refractivity contribution in [2.45, 2.75) is 44.9 Å². The molecule has 1 aliphatic heterocycles. The van der Waals surface area contributed by atoms with Gasteiger partial charge in [0, 0.05) is 6.54 Å². The third-order valence-corrected chi connectivity index (χ3v) is 4.92. The SMILES string of the molecule is CC(C)C(NC(=O)C(F)(F)F)C(=O)N1C(=O)N(CCCc2ccccc2)CC1C(=O)O. The first-order valence-electron chi connectivity index (χ1n) is 9.70. The third kappa shape index (κ3) is 5.96. The zero-order valence-corrected chi connectivity index (χ0v) is 17.1. The molecule has 1 aromatic rings. The van der Waals surface area contributed by atoms with Gasteiger partial charge in [0.05, 0.1) is 6.54 Å². The van der Waals surface area contributed by atoms with Gasteiger partial charge in [-0.2, -0.15) is 13.2 Å². The van der Waals surface area contributed by atoms with Gasteiger partial charge in [-0.05, 0) is 24.3 Å². The molecule has 170 valence electrons. The number of halogens is 3. The Kier molecular flexibility index (Phi) is 7.64. The second-order valence-corrected chi connectivity index (χ2v) is 7.57. The van der Waals surface area contributed by atoms with Gasteiger partial charge >= 0.3 is 24.1 Å². The first-order chi connectivity index (χ1) is 14.4. The van der Waals surface area contributed by atoms with Crippen molar-refractivity contribution in [3.8, 4) is 0 Å². The Bertz CT molecular complexity index is 829. The summed E-state index contributed by atoms with van der Waals surface area (Å²) < 4.78 is 37.9. The van der Waals surface area contributed by atoms with Gasteiger partial charge in [-0.25, -0.2) is 14.5 Å². The predicted octanol–water partition coefficient (Wildman–Crippen LogP) is 2.04. The van der Waals surface area contributed by atoms with E-state index in [1.807, 2.05) is 30.3 Å². The van der Waals surface area contributed by atoms with E-state index >= 15 is 0 Å². The highest BCUT2D eigenvalue weighted by Gasteiger charge is 2.49. The van der Waals surface area contributed by atoms with Gasteiger partial charge in [0.25, 0.3) is 5.91 Å². The Hall–Kier alpha value is -3.11. The number of alkyl halides is 3. The van der Waals surface area contributed by atoms with Crippen LogP contribution in [-0.2, 0) is 20.8 Å². The highest BCUT2D eigenvalue weighted by Crippen LogP contribution is 2.22. The molecular formula is C20H24F3N3O5. The van der Waals surface area contributed by atoms with E-state index in [4.69, 9.17) is 0 Å². The van der Waals surface area contributed by atoms with Crippen LogP contribution in [0.25, 0.3) is 0 Å². The highest BCUT2D eigenvalue weighted by molar-refractivity contribution is 6.04. The summed E-state index contributed by atoms with van der Waals surface area (Å²) in [7, 11) is 0. The van der Waals surface area contributed by atoms with Crippen molar-refractivity contribution in [1.82, 2.24) is 15.1 Å². The molecule has 2 N–H and O–H groups in total. The quantitative estimate of drug-likeness (QED) is 0.640. The molecule has 8 nitrogen and oxygen atoms in total. The number of nitrogens with zero attached hydrogens (tertiary/aromatic N) is 2. The molecule has 0 aliphatic carbocycles. The van der Waals surface area contributed by atoms with Crippen LogP contribution in [0.15, 0.2) is 30.3 Å². The molecule has 1 fully saturated rings. The van der Waals surface area contributed by atoms with E-state index in [1.54, 1.807) is 5.32 Å². The Morgan fingerprint density at radius 3 is 2.32 bits per heavy atom. The van der Waals surface area contributed by atoms with Gasteiger partial charge in [0.2, 0.25) is 0 Å². The Balaban J connectivity index is 2.13. The summed E-state index contributed by atoms with van der Waals surface area (Å²) in [6.45, 7) is 2.65. The van der Waals surface area contributed by atoms with Crippen molar-refractivity contribution in [3.63, 3.8) is 0 Å². The van der Waals surface area contributed by atoms with Gasteiger partial charge in [-0.3, -0.25) is 9.59 Å². The monoisotopic (exact) mass is 443 g/mol. The van der Waals surface area contributed by atoms with Crippen LogP contribution >= 0.6 is 0 Å². The Morgan fingerprint density at radius 1 is 1.19 bits per heavy atom. The van der Waals surface area contributed by atoms with Crippen molar-refractivity contribution in [1.29, 1.82) is 0 Å². The number of benzene rings is 1. The minimum atomic E-state index is -5.22. The lowest BCUT2D eigenvalue weighted by Gasteiger charge is -2.27. The maximum absolute atomic E-state index is 12.8. The molecule has 2 atom stereocenters. The lowest BCUT2D eigenvalue weighted by atomic mass is 10.0. The molecule has 11 heteroatoms. The van der Waals surface area contributed by atoms with E-state index in [-0.39, 0.29) is 13.1 Å². The summed E-state index contributed by atoms with van der Waals surface area (Å²) in [5.74, 6) is -5.79. The zero-order chi connectivity index (χ0) is 23.3. The second-order valence-electron chi connectivity index (χ2n) is 7.57. The summed E-state index contributed by atoms with van der Waals surface area (Å²) in [5, 5.41) is 11.0. The molecule has 1 saturated heterocycles. The molecule has 0 aromatic heterocycles. The number of imide groups is 1. The number of amides is 4. The van der Waals surface area contributed by atoms with Gasteiger partial charge in [0.1, 0.15) is 6.04 Å². The van der Waals surface area contributed by atoms with E-state index in [0.717, 1.165) is 5.56 Å². The summed E-state index contributed by atoms with van der Waals surface area (Å²) in [6, 6.07) is 5.22. The number of urea groups is 1. The van der Waals surface area contributed by atoms with E-state index in [9.17, 15) is 37.5 Å². The molecule has 1 heterocycles. The first-order valence-corrected chi connectivity index (χ1v) is 9.70. The number of hydrogen-bond acceptors (Lipinski definition) is 4. The average molecular weight is 443 g/mol. The number of carbonyl (C=O) groups excluding carboxylic acids is 3. The largest absolute Gasteiger partial charge is 0.480 e. The molecule has 4 amide bonds. The van der Waals surface area contributed by atoms with Crippen molar-refractivity contribution < 1.29 is 37.5 Å². The minimum Gasteiger partial charge on any atom is -0.480 e. The van der Waals surface area contributed by atoms with Crippen molar-refractivity contribution in [3.05, 3.63) is 35.9 Å². The first kappa shape index (κ1) is 24.2. The minimum absolute atomic E-state index is 0.169. The third-order valence-electron chi connectivity index (χ3n) is 4.92. The second kappa shape index (κ2) is 9.80. The maximum atomic E-state index is 12.8. The van der Waals surface area contributed by atoms with Crippen LogP contribution in [0.5, 0.6) is 0 Å². The molecule has 1 aromatic carbocycles. The summed E-state index contributed by atoms with van der Waals surface area (Å²) in [6.07, 6.45) is -4.10. The lowest BCUT2D eigenvalue weighted by Crippen LogP contribution is -2.57. The van der Waals surface area contributed by atoms with Gasteiger partial charge in [-0.1, -0.05) is 44.2 Å². The summed E-state index contributed by atoms with van der Waals surface area (Å²) in [5.41, 5.74) is 1.02. The van der Waals surface area contributed by atoms with Crippen molar-refractivity contribution in [2.75, 3.05) is 13.1 Å². The van der Waals surface area contributed by atoms with Crippen LogP contribution < -0.4 is 5.32 Å². The number of hydrogen-bond donors (Lipinski definition) is 2. The number of aryl methyl sites for hydroxylation is 1. The van der Waals surface area contributed by atoms with Crippen LogP contribution in [0.2, 0.25) is 0 Å². The summed E-state index contributed by atoms with van der Waals surface area (Å²) in [4.78, 5) is 50.2. The van der Waals surface area contributed by atoms with Crippen molar-refractivity contribution in [2.24, 2.45) is 5.92 Å². The van der Waals surface area contributed by atoms with E-state index < -0.39 is 48.0 Å². The van der Waals surface area contributed by atoms with E-state index in [2.05, 4.69) is 0 Å². The molecule has 2 rings (SSSR count). The molecule has 0 bridgehead atoms. The van der Waals surface area contributed by atoms with Crippen LogP contribution in [0, 0.1) is 5.92 Å². The zero-order valence-electron chi connectivity index (χ0n) is 17.1. The predicted molar refractivity (Wildman–Crippen MR) is 103 cm³/mol. The highest BCUT2D eigenvalue weighted by atomic mass is 19.4. The van der Waals surface area contributed by atoms with E-state index in [1.165, 1.54) is 18.7 Å². The number of aliphatic carboxylic acids is 1. The Morgan fingerprint density at radius 2 is 1.81 bits per heavy atom. The molecule has 1 aliphatic rings. The molecule has 2 unspecified atom stereocenters. The fourth-order valence-electron chi connectivity index (χ4n) is 3.28. The van der Waals surface area contributed by atoms with Crippen LogP contribution in [0.3, 0.4) is 0 Å². The van der Waals surface area contributed by atoms with Crippen LogP contribution in [0.4, 0.5) is 18.0 Å². The lowest BCUT2D eigenvalue weighted by molar-refractivity contribution is -0.175. The smallest absolute Gasteiger partial charge is 0.471 e. The molecule has 0 radical (unpaired) electrons. The van der Waals surface area contributed by atoms with Crippen molar-refractivity contribution >= 4 is 23.8 Å². The fourth-order valence-corrected chi connectivity index (χ4v) is 3.28. The number of carboxylic acids is 1. The number of carbonyl (C=O) groups is 4. The van der Waals surface area contributed by atoms with Crippen LogP contribution in [-0.4, -0.2) is 70.1 Å². The fraction of sp³-hybridized carbons (Fsp3) is 0.500. The molecule has 0 saturated carbocycles. The standard InChI is InChI=1S/C20H24F3N3O5/c1-12(2)15(24-18(30)20(21,22)23)16(27)26-14(17(28)29)11-25(19(26)31)10-6-9-13-7-4-3-5-8-13/h3-5,7-8,12,14-15H,6,9-11H2,1-2H3,(H,24,30)(H,28,29). The summed E-state index contributed by atoms with van der Waals surface area (Å²) >= 11 is 0. The molecular weight excluding hydrogens is 419 g/mol. The Labute approximate surface area is 177 Å². The number of carboxylic acid groups (broad SMARTS) is 1. The normalized spacial score (nSPS) is 17.7.